The smallest absolute Gasteiger partial charge is 0.440 e. The van der Waals surface area contributed by atoms with Crippen LogP contribution in [0, 0.1) is 0 Å². The number of nitrogens with zero attached hydrogens (tertiary/aromatic N) is 2. The third-order valence-corrected chi connectivity index (χ3v) is 5.40. The molecule has 1 aliphatic heterocycles. The lowest BCUT2D eigenvalue weighted by Crippen LogP contribution is -2.22. The minimum absolute atomic E-state index is 0.0105. The molecule has 1 atom stereocenters. The van der Waals surface area contributed by atoms with Crippen LogP contribution < -0.4 is 9.47 Å². The van der Waals surface area contributed by atoms with Gasteiger partial charge in [0.1, 0.15) is 17.6 Å². The Hall–Kier alpha value is -2.79. The van der Waals surface area contributed by atoms with E-state index in [1.807, 2.05) is 6.92 Å². The Morgan fingerprint density at radius 2 is 1.70 bits per heavy atom. The number of oxime groups is 1. The van der Waals surface area contributed by atoms with Crippen LogP contribution in [0.15, 0.2) is 64.6 Å². The highest BCUT2D eigenvalue weighted by molar-refractivity contribution is 7.89. The first-order chi connectivity index (χ1) is 14.0. The molecule has 0 bridgehead atoms. The molecular weight excluding hydrogens is 425 g/mol. The van der Waals surface area contributed by atoms with Crippen LogP contribution in [0.3, 0.4) is 0 Å². The maximum absolute atomic E-state index is 12.0. The summed E-state index contributed by atoms with van der Waals surface area (Å²) in [6.07, 6.45) is -4.03. The van der Waals surface area contributed by atoms with Crippen molar-refractivity contribution in [3.8, 4) is 11.5 Å². The summed E-state index contributed by atoms with van der Waals surface area (Å²) in [4.78, 5) is 5.19. The number of rotatable bonds is 4. The topological polar surface area (TPSA) is 77.4 Å². The lowest BCUT2D eigenvalue weighted by Gasteiger charge is -2.12. The molecule has 0 N–H and O–H groups in total. The van der Waals surface area contributed by atoms with E-state index in [2.05, 4.69) is 9.89 Å². The monoisotopic (exact) mass is 446 g/mol. The van der Waals surface area contributed by atoms with Crippen LogP contribution in [0.2, 0.25) is 0 Å². The highest BCUT2D eigenvalue weighted by Crippen LogP contribution is 2.22. The van der Waals surface area contributed by atoms with E-state index >= 15 is 0 Å². The van der Waals surface area contributed by atoms with Crippen LogP contribution in [0.25, 0.3) is 0 Å². The van der Waals surface area contributed by atoms with Crippen LogP contribution in [0.1, 0.15) is 13.3 Å². The zero-order chi connectivity index (χ0) is 22.4. The molecule has 3 rings (SSSR count). The van der Waals surface area contributed by atoms with Crippen LogP contribution in [0.4, 0.5) is 13.2 Å². The molecule has 164 valence electrons. The second-order valence-electron chi connectivity index (χ2n) is 6.33. The van der Waals surface area contributed by atoms with E-state index in [1.54, 1.807) is 18.2 Å². The third kappa shape index (κ3) is 7.23. The van der Waals surface area contributed by atoms with Crippen molar-refractivity contribution in [2.45, 2.75) is 30.7 Å². The SMILES string of the molecule is CC1CC(Oc2cccc(S(=O)(=O)N(C)C)c2)=NO1.FC(F)(F)Oc1ccccc1. The zero-order valence-electron chi connectivity index (χ0n) is 16.5. The van der Waals surface area contributed by atoms with Gasteiger partial charge >= 0.3 is 6.36 Å². The summed E-state index contributed by atoms with van der Waals surface area (Å²) in [6.45, 7) is 1.88. The van der Waals surface area contributed by atoms with Crippen molar-refractivity contribution < 1.29 is 35.9 Å². The van der Waals surface area contributed by atoms with Gasteiger partial charge in [0.2, 0.25) is 15.9 Å². The Kier molecular flexibility index (Phi) is 7.68. The highest BCUT2D eigenvalue weighted by atomic mass is 32.2. The molecule has 1 aliphatic rings. The molecule has 2 aromatic rings. The van der Waals surface area contributed by atoms with Crippen LogP contribution in [-0.4, -0.2) is 45.2 Å². The Balaban J connectivity index is 0.000000248. The van der Waals surface area contributed by atoms with Crippen molar-refractivity contribution in [2.75, 3.05) is 14.1 Å². The predicted molar refractivity (Wildman–Crippen MR) is 104 cm³/mol. The van der Waals surface area contributed by atoms with E-state index in [9.17, 15) is 21.6 Å². The second kappa shape index (κ2) is 9.81. The second-order valence-corrected chi connectivity index (χ2v) is 8.48. The van der Waals surface area contributed by atoms with E-state index < -0.39 is 16.4 Å². The normalized spacial score (nSPS) is 16.2. The first-order valence-corrected chi connectivity index (χ1v) is 10.2. The quantitative estimate of drug-likeness (QED) is 0.709. The van der Waals surface area contributed by atoms with E-state index in [4.69, 9.17) is 9.57 Å². The average molecular weight is 446 g/mol. The Bertz CT molecular complexity index is 964. The van der Waals surface area contributed by atoms with Gasteiger partial charge in [-0.2, -0.15) is 0 Å². The lowest BCUT2D eigenvalue weighted by atomic mass is 10.3. The van der Waals surface area contributed by atoms with Crippen LogP contribution >= 0.6 is 0 Å². The molecular formula is C19H21F3N2O5S. The Labute approximate surface area is 172 Å². The third-order valence-electron chi connectivity index (χ3n) is 3.59. The molecule has 0 spiro atoms. The molecule has 0 aliphatic carbocycles. The van der Waals surface area contributed by atoms with Gasteiger partial charge in [-0.25, -0.2) is 12.7 Å². The van der Waals surface area contributed by atoms with Crippen molar-refractivity contribution in [3.05, 3.63) is 54.6 Å². The Morgan fingerprint density at radius 3 is 2.23 bits per heavy atom. The number of benzene rings is 2. The van der Waals surface area contributed by atoms with E-state index in [0.29, 0.717) is 18.1 Å². The summed E-state index contributed by atoms with van der Waals surface area (Å²) in [6, 6.07) is 13.4. The van der Waals surface area contributed by atoms with Crippen molar-refractivity contribution in [3.63, 3.8) is 0 Å². The van der Waals surface area contributed by atoms with Gasteiger partial charge in [0.25, 0.3) is 0 Å². The molecule has 0 fully saturated rings. The number of para-hydroxylation sites is 1. The largest absolute Gasteiger partial charge is 0.573 e. The number of halogens is 3. The maximum Gasteiger partial charge on any atom is 0.573 e. The molecule has 0 aromatic heterocycles. The van der Waals surface area contributed by atoms with Gasteiger partial charge in [-0.15, -0.1) is 13.2 Å². The molecule has 0 saturated carbocycles. The van der Waals surface area contributed by atoms with Gasteiger partial charge in [-0.3, -0.25) is 0 Å². The lowest BCUT2D eigenvalue weighted by molar-refractivity contribution is -0.274. The fourth-order valence-electron chi connectivity index (χ4n) is 2.20. The standard InChI is InChI=1S/C12H16N2O4S.C7H5F3O/c1-9-7-12(13-18-9)17-10-5-4-6-11(8-10)19(15,16)14(2)3;8-7(9,10)11-6-4-2-1-3-5-6/h4-6,8-9H,7H2,1-3H3;1-5H. The fraction of sp³-hybridized carbons (Fsp3) is 0.316. The van der Waals surface area contributed by atoms with Crippen molar-refractivity contribution in [2.24, 2.45) is 5.16 Å². The number of sulfonamides is 1. The van der Waals surface area contributed by atoms with Crippen molar-refractivity contribution in [1.82, 2.24) is 4.31 Å². The molecule has 30 heavy (non-hydrogen) atoms. The first kappa shape index (κ1) is 23.5. The number of ether oxygens (including phenoxy) is 2. The van der Waals surface area contributed by atoms with Crippen LogP contribution in [0.5, 0.6) is 11.5 Å². The number of hydrogen-bond donors (Lipinski definition) is 0. The molecule has 7 nitrogen and oxygen atoms in total. The van der Waals surface area contributed by atoms with E-state index in [0.717, 1.165) is 4.31 Å². The minimum Gasteiger partial charge on any atom is -0.440 e. The first-order valence-electron chi connectivity index (χ1n) is 8.71. The molecule has 0 amide bonds. The number of hydrogen-bond acceptors (Lipinski definition) is 6. The van der Waals surface area contributed by atoms with Gasteiger partial charge in [-0.1, -0.05) is 29.4 Å². The molecule has 11 heteroatoms. The summed E-state index contributed by atoms with van der Waals surface area (Å²) in [5.74, 6) is 0.686. The molecule has 1 unspecified atom stereocenters. The maximum atomic E-state index is 12.0. The summed E-state index contributed by atoms with van der Waals surface area (Å²) in [5.41, 5.74) is 0. The summed E-state index contributed by atoms with van der Waals surface area (Å²) >= 11 is 0. The molecule has 1 heterocycles. The van der Waals surface area contributed by atoms with E-state index in [-0.39, 0.29) is 16.7 Å². The van der Waals surface area contributed by atoms with Gasteiger partial charge in [0, 0.05) is 20.2 Å². The van der Waals surface area contributed by atoms with E-state index in [1.165, 1.54) is 50.5 Å². The fourth-order valence-corrected chi connectivity index (χ4v) is 3.13. The highest BCUT2D eigenvalue weighted by Gasteiger charge is 2.30. The minimum atomic E-state index is -4.60. The van der Waals surface area contributed by atoms with Crippen molar-refractivity contribution >= 4 is 15.9 Å². The van der Waals surface area contributed by atoms with Gasteiger partial charge < -0.3 is 14.3 Å². The summed E-state index contributed by atoms with van der Waals surface area (Å²) in [5, 5.41) is 3.77. The average Bonchev–Trinajstić information content (AvgIpc) is 3.06. The summed E-state index contributed by atoms with van der Waals surface area (Å²) < 4.78 is 68.8. The van der Waals surface area contributed by atoms with Gasteiger partial charge in [0.05, 0.1) is 11.3 Å². The molecule has 0 radical (unpaired) electrons. The molecule has 2 aromatic carbocycles. The molecule has 0 saturated heterocycles. The van der Waals surface area contributed by atoms with Crippen LogP contribution in [-0.2, 0) is 14.9 Å². The van der Waals surface area contributed by atoms with Crippen molar-refractivity contribution in [1.29, 1.82) is 0 Å². The zero-order valence-corrected chi connectivity index (χ0v) is 17.3. The number of alkyl halides is 3. The van der Waals surface area contributed by atoms with Gasteiger partial charge in [-0.05, 0) is 31.2 Å². The Morgan fingerprint density at radius 1 is 1.07 bits per heavy atom. The van der Waals surface area contributed by atoms with Gasteiger partial charge in [0.15, 0.2) is 0 Å². The summed E-state index contributed by atoms with van der Waals surface area (Å²) in [7, 11) is -0.490. The predicted octanol–water partition coefficient (Wildman–Crippen LogP) is 4.02.